The van der Waals surface area contributed by atoms with Gasteiger partial charge in [0.1, 0.15) is 6.10 Å². The molecule has 182 valence electrons. The van der Waals surface area contributed by atoms with Crippen molar-refractivity contribution in [1.29, 1.82) is 0 Å². The zero-order valence-corrected chi connectivity index (χ0v) is 20.2. The lowest BCUT2D eigenvalue weighted by Crippen LogP contribution is -2.25. The van der Waals surface area contributed by atoms with Crippen LogP contribution in [0.2, 0.25) is 0 Å². The van der Waals surface area contributed by atoms with Gasteiger partial charge < -0.3 is 14.6 Å². The lowest BCUT2D eigenvalue weighted by atomic mass is 9.99. The van der Waals surface area contributed by atoms with Crippen molar-refractivity contribution in [3.05, 3.63) is 35.9 Å². The monoisotopic (exact) mass is 448 g/mol. The molecule has 0 aromatic heterocycles. The van der Waals surface area contributed by atoms with Gasteiger partial charge in [-0.15, -0.1) is 0 Å². The van der Waals surface area contributed by atoms with E-state index < -0.39 is 5.97 Å². The van der Waals surface area contributed by atoms with Gasteiger partial charge in [0.15, 0.2) is 0 Å². The van der Waals surface area contributed by atoms with Crippen molar-refractivity contribution < 1.29 is 24.2 Å². The topological polar surface area (TPSA) is 72.8 Å². The summed E-state index contributed by atoms with van der Waals surface area (Å²) < 4.78 is 11.9. The molecule has 2 unspecified atom stereocenters. The molecule has 0 fully saturated rings. The summed E-state index contributed by atoms with van der Waals surface area (Å²) in [6.07, 6.45) is 13.7. The summed E-state index contributed by atoms with van der Waals surface area (Å²) in [5.41, 5.74) is 1.16. The highest BCUT2D eigenvalue weighted by Crippen LogP contribution is 2.21. The van der Waals surface area contributed by atoms with Crippen LogP contribution < -0.4 is 0 Å². The van der Waals surface area contributed by atoms with Gasteiger partial charge in [0.05, 0.1) is 12.7 Å². The van der Waals surface area contributed by atoms with E-state index in [1.54, 1.807) is 0 Å². The van der Waals surface area contributed by atoms with E-state index in [2.05, 4.69) is 19.1 Å². The minimum Gasteiger partial charge on any atom is -0.481 e. The molecule has 0 spiro atoms. The van der Waals surface area contributed by atoms with Crippen molar-refractivity contribution in [3.63, 3.8) is 0 Å². The molecule has 0 aliphatic carbocycles. The number of hydrogen-bond acceptors (Lipinski definition) is 4. The van der Waals surface area contributed by atoms with E-state index in [4.69, 9.17) is 14.6 Å². The number of benzene rings is 1. The van der Waals surface area contributed by atoms with Gasteiger partial charge in [-0.05, 0) is 31.2 Å². The molecule has 1 aromatic rings. The largest absolute Gasteiger partial charge is 0.481 e. The Morgan fingerprint density at radius 3 is 2.06 bits per heavy atom. The van der Waals surface area contributed by atoms with Crippen LogP contribution in [0.3, 0.4) is 0 Å². The molecule has 1 N–H and O–H groups in total. The first-order chi connectivity index (χ1) is 15.5. The van der Waals surface area contributed by atoms with Crippen LogP contribution in [-0.2, 0) is 25.7 Å². The lowest BCUT2D eigenvalue weighted by Gasteiger charge is -2.24. The third-order valence-corrected chi connectivity index (χ3v) is 5.73. The van der Waals surface area contributed by atoms with Gasteiger partial charge in [-0.3, -0.25) is 9.59 Å². The molecule has 0 aliphatic heterocycles. The molecule has 0 saturated carbocycles. The number of rotatable bonds is 20. The van der Waals surface area contributed by atoms with Crippen LogP contribution in [0.15, 0.2) is 30.3 Å². The van der Waals surface area contributed by atoms with Crippen molar-refractivity contribution in [3.8, 4) is 0 Å². The standard InChI is InChI=1S/C27H44O5/c1-3-4-11-19-26(32-23(2)28)21-25(31-22-24-16-12-10-13-17-24)18-14-8-6-5-7-9-15-20-27(29)30/h10,12-13,16-17,25-26H,3-9,11,14-15,18-22H2,1-2H3,(H,29,30). The van der Waals surface area contributed by atoms with Gasteiger partial charge in [0.2, 0.25) is 0 Å². The molecule has 2 atom stereocenters. The average molecular weight is 449 g/mol. The number of aliphatic carboxylic acids is 1. The second-order valence-corrected chi connectivity index (χ2v) is 8.79. The van der Waals surface area contributed by atoms with Gasteiger partial charge in [-0.1, -0.05) is 88.6 Å². The maximum atomic E-state index is 11.6. The fourth-order valence-electron chi connectivity index (χ4n) is 3.96. The molecule has 0 aliphatic rings. The molecule has 1 aromatic carbocycles. The summed E-state index contributed by atoms with van der Waals surface area (Å²) in [7, 11) is 0. The number of unbranched alkanes of at least 4 members (excludes halogenated alkanes) is 8. The fourth-order valence-corrected chi connectivity index (χ4v) is 3.96. The number of carbonyl (C=O) groups is 2. The molecule has 0 saturated heterocycles. The van der Waals surface area contributed by atoms with E-state index in [0.717, 1.165) is 82.6 Å². The highest BCUT2D eigenvalue weighted by molar-refractivity contribution is 5.66. The highest BCUT2D eigenvalue weighted by Gasteiger charge is 2.19. The molecule has 0 amide bonds. The van der Waals surface area contributed by atoms with Crippen LogP contribution in [0, 0.1) is 0 Å². The third-order valence-electron chi connectivity index (χ3n) is 5.73. The molecule has 0 heterocycles. The first-order valence-electron chi connectivity index (χ1n) is 12.6. The van der Waals surface area contributed by atoms with Crippen molar-refractivity contribution in [2.45, 2.75) is 123 Å². The van der Waals surface area contributed by atoms with Gasteiger partial charge in [0.25, 0.3) is 0 Å². The van der Waals surface area contributed by atoms with E-state index in [9.17, 15) is 9.59 Å². The minimum atomic E-state index is -0.701. The first-order valence-corrected chi connectivity index (χ1v) is 12.6. The maximum absolute atomic E-state index is 11.6. The predicted molar refractivity (Wildman–Crippen MR) is 129 cm³/mol. The number of esters is 1. The van der Waals surface area contributed by atoms with E-state index >= 15 is 0 Å². The van der Waals surface area contributed by atoms with Crippen molar-refractivity contribution in [2.75, 3.05) is 0 Å². The fraction of sp³-hybridized carbons (Fsp3) is 0.704. The Morgan fingerprint density at radius 2 is 1.44 bits per heavy atom. The maximum Gasteiger partial charge on any atom is 0.303 e. The zero-order chi connectivity index (χ0) is 23.4. The Bertz CT molecular complexity index is 601. The summed E-state index contributed by atoms with van der Waals surface area (Å²) in [4.78, 5) is 22.1. The smallest absolute Gasteiger partial charge is 0.303 e. The van der Waals surface area contributed by atoms with Crippen LogP contribution in [0.25, 0.3) is 0 Å². The second-order valence-electron chi connectivity index (χ2n) is 8.79. The number of hydrogen-bond donors (Lipinski definition) is 1. The average Bonchev–Trinajstić information content (AvgIpc) is 2.76. The van der Waals surface area contributed by atoms with Gasteiger partial charge >= 0.3 is 11.9 Å². The normalized spacial score (nSPS) is 12.9. The van der Waals surface area contributed by atoms with Crippen LogP contribution in [-0.4, -0.2) is 29.3 Å². The van der Waals surface area contributed by atoms with E-state index in [1.807, 2.05) is 18.2 Å². The summed E-state index contributed by atoms with van der Waals surface area (Å²) in [5.74, 6) is -0.912. The van der Waals surface area contributed by atoms with Crippen molar-refractivity contribution >= 4 is 11.9 Å². The molecule has 0 radical (unpaired) electrons. The van der Waals surface area contributed by atoms with Gasteiger partial charge in [-0.25, -0.2) is 0 Å². The third kappa shape index (κ3) is 15.9. The Morgan fingerprint density at radius 1 is 0.844 bits per heavy atom. The van der Waals surface area contributed by atoms with E-state index in [0.29, 0.717) is 6.61 Å². The number of carboxylic acid groups (broad SMARTS) is 1. The summed E-state index contributed by atoms with van der Waals surface area (Å²) in [6, 6.07) is 10.2. The molecular weight excluding hydrogens is 404 g/mol. The molecule has 5 nitrogen and oxygen atoms in total. The summed E-state index contributed by atoms with van der Waals surface area (Å²) in [5, 5.41) is 8.69. The quantitative estimate of drug-likeness (QED) is 0.171. The van der Waals surface area contributed by atoms with Gasteiger partial charge in [0, 0.05) is 19.8 Å². The van der Waals surface area contributed by atoms with Crippen molar-refractivity contribution in [2.24, 2.45) is 0 Å². The Labute approximate surface area is 194 Å². The number of carbonyl (C=O) groups excluding carboxylic acids is 1. The van der Waals surface area contributed by atoms with Crippen LogP contribution in [0.4, 0.5) is 0 Å². The Kier molecular flexibility index (Phi) is 16.4. The van der Waals surface area contributed by atoms with Gasteiger partial charge in [-0.2, -0.15) is 0 Å². The second kappa shape index (κ2) is 18.7. The minimum absolute atomic E-state index is 0.0749. The first kappa shape index (κ1) is 28.2. The molecular formula is C27H44O5. The van der Waals surface area contributed by atoms with E-state index in [-0.39, 0.29) is 24.6 Å². The van der Waals surface area contributed by atoms with Crippen LogP contribution in [0.1, 0.15) is 109 Å². The Hall–Kier alpha value is -1.88. The molecule has 1 rings (SSSR count). The number of carboxylic acids is 1. The zero-order valence-electron chi connectivity index (χ0n) is 20.2. The molecule has 0 bridgehead atoms. The summed E-state index contributed by atoms with van der Waals surface area (Å²) >= 11 is 0. The lowest BCUT2D eigenvalue weighted by molar-refractivity contribution is -0.149. The SMILES string of the molecule is CCCCCC(CC(CCCCCCCCCC(=O)O)OCc1ccccc1)OC(C)=O. The van der Waals surface area contributed by atoms with Crippen molar-refractivity contribution in [1.82, 2.24) is 0 Å². The predicted octanol–water partition coefficient (Wildman–Crippen LogP) is 7.07. The highest BCUT2D eigenvalue weighted by atomic mass is 16.5. The van der Waals surface area contributed by atoms with Crippen LogP contribution >= 0.6 is 0 Å². The molecule has 32 heavy (non-hydrogen) atoms. The van der Waals surface area contributed by atoms with E-state index in [1.165, 1.54) is 13.3 Å². The molecule has 5 heteroatoms. The van der Waals surface area contributed by atoms with Crippen LogP contribution in [0.5, 0.6) is 0 Å². The Balaban J connectivity index is 2.44. The number of ether oxygens (including phenoxy) is 2. The summed E-state index contributed by atoms with van der Waals surface area (Å²) in [6.45, 7) is 4.25.